The molecule has 2 unspecified atom stereocenters. The van der Waals surface area contributed by atoms with E-state index in [0.717, 1.165) is 0 Å². The molecule has 0 heterocycles. The fourth-order valence-electron chi connectivity index (χ4n) is 1.86. The molecule has 0 aliphatic heterocycles. The van der Waals surface area contributed by atoms with Gasteiger partial charge in [0.2, 0.25) is 0 Å². The number of carboxylic acids is 1. The SMILES string of the molecule is CC1(C)C(CC(Cl)(Cl)Cl)C1C(=O)O.Cl. The van der Waals surface area contributed by atoms with Crippen LogP contribution < -0.4 is 0 Å². The Balaban J connectivity index is 0.00000169. The van der Waals surface area contributed by atoms with Gasteiger partial charge in [-0.1, -0.05) is 48.7 Å². The van der Waals surface area contributed by atoms with Crippen molar-refractivity contribution >= 4 is 53.2 Å². The first-order valence-electron chi connectivity index (χ1n) is 3.96. The third-order valence-electron chi connectivity index (χ3n) is 2.77. The Bertz CT molecular complexity index is 234. The number of rotatable bonds is 2. The van der Waals surface area contributed by atoms with E-state index >= 15 is 0 Å². The summed E-state index contributed by atoms with van der Waals surface area (Å²) in [6.07, 6.45) is 0.307. The maximum absolute atomic E-state index is 10.7. The van der Waals surface area contributed by atoms with Crippen molar-refractivity contribution in [3.8, 4) is 0 Å². The van der Waals surface area contributed by atoms with E-state index in [0.29, 0.717) is 6.42 Å². The number of halogens is 4. The molecule has 1 saturated carbocycles. The Labute approximate surface area is 104 Å². The van der Waals surface area contributed by atoms with Gasteiger partial charge in [-0.05, 0) is 17.8 Å². The number of aliphatic carboxylic acids is 1. The van der Waals surface area contributed by atoms with E-state index in [4.69, 9.17) is 39.9 Å². The molecule has 1 fully saturated rings. The average Bonchev–Trinajstić information content (AvgIpc) is 2.28. The molecule has 84 valence electrons. The van der Waals surface area contributed by atoms with Crippen molar-refractivity contribution < 1.29 is 9.90 Å². The molecule has 0 aromatic carbocycles. The monoisotopic (exact) mass is 280 g/mol. The lowest BCUT2D eigenvalue weighted by Gasteiger charge is -2.10. The predicted molar refractivity (Wildman–Crippen MR) is 60.6 cm³/mol. The fraction of sp³-hybridized carbons (Fsp3) is 0.875. The minimum atomic E-state index is -1.34. The highest BCUT2D eigenvalue weighted by molar-refractivity contribution is 6.67. The lowest BCUT2D eigenvalue weighted by Crippen LogP contribution is -2.07. The Morgan fingerprint density at radius 3 is 2.07 bits per heavy atom. The maximum Gasteiger partial charge on any atom is 0.307 e. The molecular formula is C8H12Cl4O2. The average molecular weight is 282 g/mol. The normalized spacial score (nSPS) is 29.2. The molecule has 0 aromatic rings. The number of hydrogen-bond donors (Lipinski definition) is 1. The zero-order valence-electron chi connectivity index (χ0n) is 7.76. The molecule has 0 aromatic heterocycles. The molecule has 0 bridgehead atoms. The lowest BCUT2D eigenvalue weighted by molar-refractivity contribution is -0.139. The zero-order valence-corrected chi connectivity index (χ0v) is 10.8. The second-order valence-corrected chi connectivity index (χ2v) is 6.58. The molecule has 14 heavy (non-hydrogen) atoms. The van der Waals surface area contributed by atoms with Crippen molar-refractivity contribution in [2.75, 3.05) is 0 Å². The fourth-order valence-corrected chi connectivity index (χ4v) is 2.36. The van der Waals surface area contributed by atoms with Gasteiger partial charge in [0, 0.05) is 0 Å². The number of alkyl halides is 3. The molecule has 0 amide bonds. The molecule has 0 radical (unpaired) electrons. The lowest BCUT2D eigenvalue weighted by atomic mass is 10.1. The number of carboxylic acid groups (broad SMARTS) is 1. The van der Waals surface area contributed by atoms with E-state index in [1.165, 1.54) is 0 Å². The minimum absolute atomic E-state index is 0. The van der Waals surface area contributed by atoms with Crippen molar-refractivity contribution in [3.63, 3.8) is 0 Å². The molecule has 1 rings (SSSR count). The van der Waals surface area contributed by atoms with Gasteiger partial charge in [0.1, 0.15) is 0 Å². The summed E-state index contributed by atoms with van der Waals surface area (Å²) in [7, 11) is 0. The van der Waals surface area contributed by atoms with Crippen molar-refractivity contribution in [1.29, 1.82) is 0 Å². The van der Waals surface area contributed by atoms with Gasteiger partial charge in [0.25, 0.3) is 0 Å². The Kier molecular flexibility index (Phi) is 4.44. The molecule has 1 aliphatic rings. The van der Waals surface area contributed by atoms with Gasteiger partial charge < -0.3 is 5.11 Å². The van der Waals surface area contributed by atoms with Gasteiger partial charge in [-0.2, -0.15) is 0 Å². The molecule has 6 heteroatoms. The largest absolute Gasteiger partial charge is 0.481 e. The van der Waals surface area contributed by atoms with Crippen LogP contribution >= 0.6 is 47.2 Å². The van der Waals surface area contributed by atoms with Crippen molar-refractivity contribution in [2.24, 2.45) is 17.3 Å². The Morgan fingerprint density at radius 1 is 1.43 bits per heavy atom. The van der Waals surface area contributed by atoms with Crippen LogP contribution in [0.4, 0.5) is 0 Å². The summed E-state index contributed by atoms with van der Waals surface area (Å²) in [6, 6.07) is 0. The van der Waals surface area contributed by atoms with E-state index in [1.54, 1.807) is 0 Å². The third kappa shape index (κ3) is 3.06. The van der Waals surface area contributed by atoms with Crippen LogP contribution in [0.3, 0.4) is 0 Å². The van der Waals surface area contributed by atoms with Crippen LogP contribution in [-0.2, 0) is 4.79 Å². The van der Waals surface area contributed by atoms with Gasteiger partial charge in [-0.15, -0.1) is 12.4 Å². The summed E-state index contributed by atoms with van der Waals surface area (Å²) >= 11 is 16.8. The van der Waals surface area contributed by atoms with E-state index < -0.39 is 9.76 Å². The van der Waals surface area contributed by atoms with E-state index in [-0.39, 0.29) is 29.7 Å². The third-order valence-corrected chi connectivity index (χ3v) is 3.23. The molecule has 0 spiro atoms. The highest BCUT2D eigenvalue weighted by Gasteiger charge is 2.63. The van der Waals surface area contributed by atoms with E-state index in [1.807, 2.05) is 13.8 Å². The smallest absolute Gasteiger partial charge is 0.307 e. The standard InChI is InChI=1S/C8H11Cl3O2.ClH/c1-7(2)4(3-8(9,10)11)5(7)6(12)13;/h4-5H,3H2,1-2H3,(H,12,13);1H. The van der Waals surface area contributed by atoms with Crippen LogP contribution in [0.2, 0.25) is 0 Å². The first kappa shape index (κ1) is 14.6. The summed E-state index contributed by atoms with van der Waals surface area (Å²) in [5, 5.41) is 8.83. The summed E-state index contributed by atoms with van der Waals surface area (Å²) in [5.41, 5.74) is -0.240. The summed E-state index contributed by atoms with van der Waals surface area (Å²) in [6.45, 7) is 3.76. The summed E-state index contributed by atoms with van der Waals surface area (Å²) < 4.78 is -1.34. The van der Waals surface area contributed by atoms with Crippen LogP contribution in [0.25, 0.3) is 0 Å². The molecule has 0 saturated heterocycles. The molecule has 1 N–H and O–H groups in total. The van der Waals surface area contributed by atoms with E-state index in [9.17, 15) is 4.79 Å². The molecule has 1 aliphatic carbocycles. The van der Waals surface area contributed by atoms with Gasteiger partial charge in [0.15, 0.2) is 3.79 Å². The second-order valence-electron chi connectivity index (χ2n) is 4.06. The van der Waals surface area contributed by atoms with E-state index in [2.05, 4.69) is 0 Å². The van der Waals surface area contributed by atoms with Crippen LogP contribution in [-0.4, -0.2) is 14.9 Å². The first-order valence-corrected chi connectivity index (χ1v) is 5.09. The first-order chi connectivity index (χ1) is 5.66. The van der Waals surface area contributed by atoms with Gasteiger partial charge in [0.05, 0.1) is 5.92 Å². The Hall–Kier alpha value is 0.630. The van der Waals surface area contributed by atoms with Crippen molar-refractivity contribution in [3.05, 3.63) is 0 Å². The quantitative estimate of drug-likeness (QED) is 0.787. The van der Waals surface area contributed by atoms with Crippen LogP contribution in [0, 0.1) is 17.3 Å². The van der Waals surface area contributed by atoms with Crippen LogP contribution in [0.15, 0.2) is 0 Å². The molecule has 2 atom stereocenters. The minimum Gasteiger partial charge on any atom is -0.481 e. The summed E-state index contributed by atoms with van der Waals surface area (Å²) in [5.74, 6) is -1.20. The van der Waals surface area contributed by atoms with Gasteiger partial charge >= 0.3 is 5.97 Å². The maximum atomic E-state index is 10.7. The second kappa shape index (κ2) is 4.25. The van der Waals surface area contributed by atoms with Crippen LogP contribution in [0.5, 0.6) is 0 Å². The van der Waals surface area contributed by atoms with Crippen molar-refractivity contribution in [2.45, 2.75) is 24.1 Å². The highest BCUT2D eigenvalue weighted by Crippen LogP contribution is 2.62. The Morgan fingerprint density at radius 2 is 1.86 bits per heavy atom. The summed E-state index contributed by atoms with van der Waals surface area (Å²) in [4.78, 5) is 10.7. The molecular weight excluding hydrogens is 270 g/mol. The van der Waals surface area contributed by atoms with Gasteiger partial charge in [-0.3, -0.25) is 4.79 Å². The zero-order chi connectivity index (χ0) is 10.4. The number of carbonyl (C=O) groups is 1. The molecule has 2 nitrogen and oxygen atoms in total. The highest BCUT2D eigenvalue weighted by atomic mass is 35.6. The van der Waals surface area contributed by atoms with Gasteiger partial charge in [-0.25, -0.2) is 0 Å². The number of hydrogen-bond acceptors (Lipinski definition) is 1. The van der Waals surface area contributed by atoms with Crippen molar-refractivity contribution in [1.82, 2.24) is 0 Å². The predicted octanol–water partition coefficient (Wildman–Crippen LogP) is 3.53. The van der Waals surface area contributed by atoms with Crippen LogP contribution in [0.1, 0.15) is 20.3 Å². The topological polar surface area (TPSA) is 37.3 Å².